The molecule has 2 aliphatic rings. The predicted octanol–water partition coefficient (Wildman–Crippen LogP) is 2.42. The highest BCUT2D eigenvalue weighted by molar-refractivity contribution is 5.97. The zero-order valence-electron chi connectivity index (χ0n) is 13.3. The molecule has 3 unspecified atom stereocenters. The topological polar surface area (TPSA) is 40.6 Å². The van der Waals surface area contributed by atoms with Gasteiger partial charge in [0, 0.05) is 12.6 Å². The lowest BCUT2D eigenvalue weighted by atomic mass is 9.89. The SMILES string of the molecule is CCC1C(=O)N2CCCCC2C(=O)N1C(CC)C(C)C. The molecule has 114 valence electrons. The van der Waals surface area contributed by atoms with Crippen LogP contribution in [0.2, 0.25) is 0 Å². The fourth-order valence-corrected chi connectivity index (χ4v) is 3.84. The van der Waals surface area contributed by atoms with Crippen molar-refractivity contribution < 1.29 is 9.59 Å². The maximum atomic E-state index is 12.9. The number of piperidine rings is 1. The summed E-state index contributed by atoms with van der Waals surface area (Å²) in [6.45, 7) is 9.18. The van der Waals surface area contributed by atoms with Crippen molar-refractivity contribution in [1.29, 1.82) is 0 Å². The van der Waals surface area contributed by atoms with E-state index in [1.54, 1.807) is 0 Å². The summed E-state index contributed by atoms with van der Waals surface area (Å²) in [5.74, 6) is 0.758. The molecule has 0 N–H and O–H groups in total. The minimum absolute atomic E-state index is 0.177. The summed E-state index contributed by atoms with van der Waals surface area (Å²) in [6.07, 6.45) is 4.57. The van der Waals surface area contributed by atoms with E-state index >= 15 is 0 Å². The summed E-state index contributed by atoms with van der Waals surface area (Å²) in [7, 11) is 0. The van der Waals surface area contributed by atoms with Crippen LogP contribution in [0.4, 0.5) is 0 Å². The van der Waals surface area contributed by atoms with Crippen LogP contribution in [0.5, 0.6) is 0 Å². The standard InChI is InChI=1S/C16H28N2O2/c1-5-12(11(3)4)18-13(6-2)15(19)17-10-8-7-9-14(17)16(18)20/h11-14H,5-10H2,1-4H3. The summed E-state index contributed by atoms with van der Waals surface area (Å²) >= 11 is 0. The van der Waals surface area contributed by atoms with Gasteiger partial charge < -0.3 is 9.80 Å². The molecule has 2 amide bonds. The lowest BCUT2D eigenvalue weighted by Crippen LogP contribution is -2.68. The highest BCUT2D eigenvalue weighted by Gasteiger charge is 2.48. The number of piperazine rings is 1. The van der Waals surface area contributed by atoms with Crippen molar-refractivity contribution in [2.75, 3.05) is 6.54 Å². The Bertz CT molecular complexity index is 381. The van der Waals surface area contributed by atoms with Crippen molar-refractivity contribution in [2.24, 2.45) is 5.92 Å². The van der Waals surface area contributed by atoms with Crippen molar-refractivity contribution in [2.45, 2.75) is 77.9 Å². The summed E-state index contributed by atoms with van der Waals surface area (Å²) in [5, 5.41) is 0. The van der Waals surface area contributed by atoms with Gasteiger partial charge in [0.05, 0.1) is 0 Å². The molecule has 3 atom stereocenters. The van der Waals surface area contributed by atoms with Crippen LogP contribution in [0.3, 0.4) is 0 Å². The molecule has 2 saturated heterocycles. The van der Waals surface area contributed by atoms with Crippen LogP contribution in [0.15, 0.2) is 0 Å². The van der Waals surface area contributed by atoms with Crippen molar-refractivity contribution in [1.82, 2.24) is 9.80 Å². The van der Waals surface area contributed by atoms with Gasteiger partial charge in [0.2, 0.25) is 11.8 Å². The van der Waals surface area contributed by atoms with Crippen molar-refractivity contribution in [3.63, 3.8) is 0 Å². The van der Waals surface area contributed by atoms with Gasteiger partial charge in [-0.15, -0.1) is 0 Å². The fourth-order valence-electron chi connectivity index (χ4n) is 3.84. The highest BCUT2D eigenvalue weighted by Crippen LogP contribution is 2.31. The average molecular weight is 280 g/mol. The Kier molecular flexibility index (Phi) is 4.71. The predicted molar refractivity (Wildman–Crippen MR) is 79.2 cm³/mol. The number of amides is 2. The molecule has 0 bridgehead atoms. The van der Waals surface area contributed by atoms with Gasteiger partial charge in [-0.2, -0.15) is 0 Å². The molecule has 0 spiro atoms. The molecule has 2 rings (SSSR count). The van der Waals surface area contributed by atoms with Gasteiger partial charge >= 0.3 is 0 Å². The summed E-state index contributed by atoms with van der Waals surface area (Å²) in [6, 6.07) is -0.253. The van der Waals surface area contributed by atoms with Crippen LogP contribution in [0, 0.1) is 5.92 Å². The van der Waals surface area contributed by atoms with Crippen LogP contribution >= 0.6 is 0 Å². The molecule has 0 radical (unpaired) electrons. The van der Waals surface area contributed by atoms with Crippen molar-refractivity contribution >= 4 is 11.8 Å². The Balaban J connectivity index is 2.33. The molecule has 0 aromatic carbocycles. The molecule has 2 heterocycles. The Hall–Kier alpha value is -1.06. The molecule has 20 heavy (non-hydrogen) atoms. The van der Waals surface area contributed by atoms with Crippen LogP contribution < -0.4 is 0 Å². The fraction of sp³-hybridized carbons (Fsp3) is 0.875. The number of hydrogen-bond donors (Lipinski definition) is 0. The van der Waals surface area contributed by atoms with E-state index in [2.05, 4.69) is 20.8 Å². The second kappa shape index (κ2) is 6.15. The van der Waals surface area contributed by atoms with E-state index < -0.39 is 0 Å². The second-order valence-corrected chi connectivity index (χ2v) is 6.43. The first-order chi connectivity index (χ1) is 9.52. The number of fused-ring (bicyclic) bond motifs is 1. The van der Waals surface area contributed by atoms with Gasteiger partial charge in [0.15, 0.2) is 0 Å². The first kappa shape index (κ1) is 15.3. The van der Waals surface area contributed by atoms with E-state index in [9.17, 15) is 9.59 Å². The first-order valence-electron chi connectivity index (χ1n) is 8.15. The maximum Gasteiger partial charge on any atom is 0.246 e. The summed E-state index contributed by atoms with van der Waals surface area (Å²) in [4.78, 5) is 29.4. The van der Waals surface area contributed by atoms with Crippen molar-refractivity contribution in [3.8, 4) is 0 Å². The third-order valence-corrected chi connectivity index (χ3v) is 4.88. The van der Waals surface area contributed by atoms with Crippen LogP contribution in [-0.2, 0) is 9.59 Å². The molecule has 0 saturated carbocycles. The second-order valence-electron chi connectivity index (χ2n) is 6.43. The molecular formula is C16H28N2O2. The number of carbonyl (C=O) groups is 2. The summed E-state index contributed by atoms with van der Waals surface area (Å²) in [5.41, 5.74) is 0. The Morgan fingerprint density at radius 3 is 2.40 bits per heavy atom. The first-order valence-corrected chi connectivity index (χ1v) is 8.15. The molecule has 0 aromatic rings. The van der Waals surface area contributed by atoms with E-state index in [1.165, 1.54) is 0 Å². The molecule has 4 heteroatoms. The van der Waals surface area contributed by atoms with E-state index in [4.69, 9.17) is 0 Å². The summed E-state index contributed by atoms with van der Waals surface area (Å²) < 4.78 is 0. The van der Waals surface area contributed by atoms with Gasteiger partial charge in [0.25, 0.3) is 0 Å². The number of rotatable bonds is 4. The van der Waals surface area contributed by atoms with E-state index in [0.717, 1.165) is 38.6 Å². The van der Waals surface area contributed by atoms with Crippen LogP contribution in [0.1, 0.15) is 59.8 Å². The monoisotopic (exact) mass is 280 g/mol. The highest BCUT2D eigenvalue weighted by atomic mass is 16.2. The minimum atomic E-state index is -0.246. The van der Waals surface area contributed by atoms with Gasteiger partial charge in [0.1, 0.15) is 12.1 Å². The number of nitrogens with zero attached hydrogens (tertiary/aromatic N) is 2. The van der Waals surface area contributed by atoms with Crippen LogP contribution in [0.25, 0.3) is 0 Å². The quantitative estimate of drug-likeness (QED) is 0.793. The average Bonchev–Trinajstić information content (AvgIpc) is 2.45. The third kappa shape index (κ3) is 2.45. The van der Waals surface area contributed by atoms with Gasteiger partial charge in [-0.25, -0.2) is 0 Å². The third-order valence-electron chi connectivity index (χ3n) is 4.88. The van der Waals surface area contributed by atoms with E-state index in [1.807, 2.05) is 16.7 Å². The van der Waals surface area contributed by atoms with E-state index in [-0.39, 0.29) is 29.9 Å². The molecule has 2 fully saturated rings. The molecule has 0 aromatic heterocycles. The number of hydrogen-bond acceptors (Lipinski definition) is 2. The Morgan fingerprint density at radius 2 is 1.85 bits per heavy atom. The smallest absolute Gasteiger partial charge is 0.246 e. The Morgan fingerprint density at radius 1 is 1.15 bits per heavy atom. The largest absolute Gasteiger partial charge is 0.329 e. The minimum Gasteiger partial charge on any atom is -0.329 e. The molecular weight excluding hydrogens is 252 g/mol. The molecule has 2 aliphatic heterocycles. The number of carbonyl (C=O) groups excluding carboxylic acids is 2. The van der Waals surface area contributed by atoms with Crippen LogP contribution in [-0.4, -0.2) is 46.3 Å². The van der Waals surface area contributed by atoms with E-state index in [0.29, 0.717) is 5.92 Å². The molecule has 0 aliphatic carbocycles. The molecule has 4 nitrogen and oxygen atoms in total. The van der Waals surface area contributed by atoms with Gasteiger partial charge in [-0.05, 0) is 38.0 Å². The van der Waals surface area contributed by atoms with Crippen molar-refractivity contribution in [3.05, 3.63) is 0 Å². The van der Waals surface area contributed by atoms with Gasteiger partial charge in [-0.3, -0.25) is 9.59 Å². The lowest BCUT2D eigenvalue weighted by Gasteiger charge is -2.50. The van der Waals surface area contributed by atoms with Gasteiger partial charge in [-0.1, -0.05) is 27.7 Å². The Labute approximate surface area is 122 Å². The zero-order chi connectivity index (χ0) is 14.9. The maximum absolute atomic E-state index is 12.9. The lowest BCUT2D eigenvalue weighted by molar-refractivity contribution is -0.167. The normalized spacial score (nSPS) is 28.9. The zero-order valence-corrected chi connectivity index (χ0v) is 13.3.